The SMILES string of the molecule is CCC[N+]1=C(c2ccc(N(CC)CC)cc2)c2cccc3cccc1c23. The molecule has 0 aromatic heterocycles. The van der Waals surface area contributed by atoms with Crippen LogP contribution in [0.4, 0.5) is 11.4 Å². The topological polar surface area (TPSA) is 6.25 Å². The Morgan fingerprint density at radius 1 is 0.808 bits per heavy atom. The van der Waals surface area contributed by atoms with Crippen LogP contribution in [0.2, 0.25) is 0 Å². The van der Waals surface area contributed by atoms with Crippen LogP contribution in [0.1, 0.15) is 38.3 Å². The molecule has 2 nitrogen and oxygen atoms in total. The lowest BCUT2D eigenvalue weighted by Gasteiger charge is -2.21. The molecule has 0 N–H and O–H groups in total. The quantitative estimate of drug-likeness (QED) is 0.529. The number of anilines is 1. The molecule has 1 aliphatic heterocycles. The van der Waals surface area contributed by atoms with Gasteiger partial charge in [0.05, 0.1) is 10.9 Å². The molecule has 0 saturated heterocycles. The Bertz CT molecular complexity index is 958. The van der Waals surface area contributed by atoms with Crippen LogP contribution in [0.5, 0.6) is 0 Å². The zero-order valence-corrected chi connectivity index (χ0v) is 16.0. The monoisotopic (exact) mass is 343 g/mol. The van der Waals surface area contributed by atoms with Crippen LogP contribution in [0, 0.1) is 0 Å². The summed E-state index contributed by atoms with van der Waals surface area (Å²) in [6, 6.07) is 22.4. The Morgan fingerprint density at radius 3 is 2.15 bits per heavy atom. The average Bonchev–Trinajstić information content (AvgIpc) is 3.00. The van der Waals surface area contributed by atoms with Crippen molar-refractivity contribution in [2.45, 2.75) is 27.2 Å². The van der Waals surface area contributed by atoms with E-state index in [4.69, 9.17) is 0 Å². The Morgan fingerprint density at radius 2 is 1.50 bits per heavy atom. The van der Waals surface area contributed by atoms with Gasteiger partial charge >= 0.3 is 0 Å². The first kappa shape index (κ1) is 16.8. The first-order valence-electron chi connectivity index (χ1n) is 9.80. The van der Waals surface area contributed by atoms with Gasteiger partial charge in [0.1, 0.15) is 6.54 Å². The molecule has 0 unspecified atom stereocenters. The van der Waals surface area contributed by atoms with Gasteiger partial charge in [-0.25, -0.2) is 0 Å². The Labute approximate surface area is 156 Å². The van der Waals surface area contributed by atoms with Crippen molar-refractivity contribution in [2.24, 2.45) is 0 Å². The van der Waals surface area contributed by atoms with E-state index < -0.39 is 0 Å². The van der Waals surface area contributed by atoms with Gasteiger partial charge in [0.15, 0.2) is 0 Å². The van der Waals surface area contributed by atoms with E-state index in [1.807, 2.05) is 0 Å². The lowest BCUT2D eigenvalue weighted by atomic mass is 9.98. The zero-order chi connectivity index (χ0) is 18.1. The summed E-state index contributed by atoms with van der Waals surface area (Å²) < 4.78 is 2.50. The zero-order valence-electron chi connectivity index (χ0n) is 16.0. The van der Waals surface area contributed by atoms with Crippen LogP contribution in [0.3, 0.4) is 0 Å². The van der Waals surface area contributed by atoms with Gasteiger partial charge in [0, 0.05) is 36.8 Å². The summed E-state index contributed by atoms with van der Waals surface area (Å²) in [7, 11) is 0. The number of hydrogen-bond acceptors (Lipinski definition) is 1. The predicted molar refractivity (Wildman–Crippen MR) is 112 cm³/mol. The molecule has 0 spiro atoms. The average molecular weight is 343 g/mol. The lowest BCUT2D eigenvalue weighted by Crippen LogP contribution is -2.22. The molecule has 0 atom stereocenters. The highest BCUT2D eigenvalue weighted by molar-refractivity contribution is 6.22. The minimum Gasteiger partial charge on any atom is -0.372 e. The van der Waals surface area contributed by atoms with E-state index in [1.165, 1.54) is 39.0 Å². The molecule has 3 aromatic rings. The highest BCUT2D eigenvalue weighted by Crippen LogP contribution is 2.37. The molecule has 1 aliphatic rings. The molecular formula is C24H27N2+. The predicted octanol–water partition coefficient (Wildman–Crippen LogP) is 5.59. The van der Waals surface area contributed by atoms with E-state index >= 15 is 0 Å². The van der Waals surface area contributed by atoms with Crippen molar-refractivity contribution < 1.29 is 4.58 Å². The summed E-state index contributed by atoms with van der Waals surface area (Å²) in [6.45, 7) is 9.80. The minimum absolute atomic E-state index is 1.04. The Balaban J connectivity index is 1.87. The van der Waals surface area contributed by atoms with Crippen molar-refractivity contribution in [2.75, 3.05) is 24.5 Å². The molecule has 3 aromatic carbocycles. The third kappa shape index (κ3) is 2.61. The van der Waals surface area contributed by atoms with Crippen LogP contribution in [0.25, 0.3) is 10.8 Å². The highest BCUT2D eigenvalue weighted by Gasteiger charge is 2.32. The second kappa shape index (κ2) is 6.95. The second-order valence-electron chi connectivity index (χ2n) is 6.90. The van der Waals surface area contributed by atoms with Gasteiger partial charge in [0.2, 0.25) is 11.4 Å². The van der Waals surface area contributed by atoms with Crippen molar-refractivity contribution in [3.8, 4) is 0 Å². The maximum absolute atomic E-state index is 2.50. The molecule has 1 heterocycles. The molecular weight excluding hydrogens is 316 g/mol. The Kier molecular flexibility index (Phi) is 4.50. The third-order valence-corrected chi connectivity index (χ3v) is 5.42. The van der Waals surface area contributed by atoms with Crippen LogP contribution in [-0.2, 0) is 0 Å². The van der Waals surface area contributed by atoms with E-state index in [1.54, 1.807) is 0 Å². The molecule has 0 fully saturated rings. The summed E-state index contributed by atoms with van der Waals surface area (Å²) in [5.41, 5.74) is 6.67. The van der Waals surface area contributed by atoms with Crippen LogP contribution >= 0.6 is 0 Å². The number of benzene rings is 3. The van der Waals surface area contributed by atoms with Crippen molar-refractivity contribution >= 4 is 27.9 Å². The van der Waals surface area contributed by atoms with Gasteiger partial charge in [-0.3, -0.25) is 0 Å². The number of rotatable bonds is 6. The molecule has 0 aliphatic carbocycles. The molecule has 0 saturated carbocycles. The van der Waals surface area contributed by atoms with E-state index in [0.717, 1.165) is 26.1 Å². The largest absolute Gasteiger partial charge is 0.372 e. The lowest BCUT2D eigenvalue weighted by molar-refractivity contribution is -0.435. The number of nitrogens with zero attached hydrogens (tertiary/aromatic N) is 2. The summed E-state index contributed by atoms with van der Waals surface area (Å²) in [6.07, 6.45) is 1.13. The first-order valence-corrected chi connectivity index (χ1v) is 9.80. The molecule has 0 radical (unpaired) electrons. The molecule has 4 rings (SSSR count). The number of hydrogen-bond donors (Lipinski definition) is 0. The van der Waals surface area contributed by atoms with Gasteiger partial charge < -0.3 is 4.90 Å². The minimum atomic E-state index is 1.04. The van der Waals surface area contributed by atoms with Crippen molar-refractivity contribution in [1.29, 1.82) is 0 Å². The summed E-state index contributed by atoms with van der Waals surface area (Å²) in [4.78, 5) is 2.39. The van der Waals surface area contributed by atoms with E-state index in [0.29, 0.717) is 0 Å². The normalized spacial score (nSPS) is 12.9. The van der Waals surface area contributed by atoms with Gasteiger partial charge in [-0.2, -0.15) is 4.58 Å². The summed E-state index contributed by atoms with van der Waals surface area (Å²) >= 11 is 0. The maximum Gasteiger partial charge on any atom is 0.221 e. The van der Waals surface area contributed by atoms with Crippen molar-refractivity contribution in [1.82, 2.24) is 0 Å². The third-order valence-electron chi connectivity index (χ3n) is 5.42. The highest BCUT2D eigenvalue weighted by atomic mass is 15.1. The first-order chi connectivity index (χ1) is 12.8. The van der Waals surface area contributed by atoms with Crippen molar-refractivity contribution in [3.63, 3.8) is 0 Å². The standard InChI is InChI=1S/C24H27N2/c1-4-17-26-22-12-8-10-18-9-7-11-21(23(18)22)24(26)19-13-15-20(16-14-19)25(5-2)6-3/h7-16H,4-6,17H2,1-3H3/q+1. The Hall–Kier alpha value is -2.61. The maximum atomic E-state index is 2.50. The fourth-order valence-electron chi connectivity index (χ4n) is 4.20. The molecule has 132 valence electrons. The van der Waals surface area contributed by atoms with Crippen LogP contribution in [0.15, 0.2) is 60.7 Å². The van der Waals surface area contributed by atoms with Crippen LogP contribution in [-0.4, -0.2) is 29.9 Å². The van der Waals surface area contributed by atoms with E-state index in [2.05, 4.69) is 90.9 Å². The van der Waals surface area contributed by atoms with E-state index in [-0.39, 0.29) is 0 Å². The molecule has 0 amide bonds. The molecule has 0 bridgehead atoms. The van der Waals surface area contributed by atoms with Gasteiger partial charge in [-0.15, -0.1) is 0 Å². The smallest absolute Gasteiger partial charge is 0.221 e. The van der Waals surface area contributed by atoms with E-state index in [9.17, 15) is 0 Å². The van der Waals surface area contributed by atoms with Crippen LogP contribution < -0.4 is 4.90 Å². The summed E-state index contributed by atoms with van der Waals surface area (Å²) in [5.74, 6) is 0. The van der Waals surface area contributed by atoms with Gasteiger partial charge in [-0.05, 0) is 49.6 Å². The van der Waals surface area contributed by atoms with Gasteiger partial charge in [0.25, 0.3) is 0 Å². The second-order valence-corrected chi connectivity index (χ2v) is 6.90. The molecule has 2 heteroatoms. The fourth-order valence-corrected chi connectivity index (χ4v) is 4.20. The van der Waals surface area contributed by atoms with Crippen molar-refractivity contribution in [3.05, 3.63) is 71.8 Å². The van der Waals surface area contributed by atoms with Gasteiger partial charge in [-0.1, -0.05) is 31.2 Å². The molecule has 26 heavy (non-hydrogen) atoms. The fraction of sp³-hybridized carbons (Fsp3) is 0.292. The summed E-state index contributed by atoms with van der Waals surface area (Å²) in [5, 5.41) is 2.72.